The smallest absolute Gasteiger partial charge is 0.337 e. The Morgan fingerprint density at radius 3 is 2.49 bits per heavy atom. The number of aliphatic hydroxyl groups is 1. The Hall–Kier alpha value is -4.01. The number of hydrogen-bond acceptors (Lipinski definition) is 7. The lowest BCUT2D eigenvalue weighted by molar-refractivity contribution is -0.132. The standard InChI is InChI=1S/C28H21ClN2O5S/c1-14-4-5-15(2)19(12-14)24(32)22-23(16-6-8-17(9-7-16)27(35)36-3)31(26(34)25(22)33)28-30-20-11-10-18(29)13-21(20)37-28/h4-13,23,32H,1-3H3/b24-22+. The molecule has 37 heavy (non-hydrogen) atoms. The summed E-state index contributed by atoms with van der Waals surface area (Å²) in [6.45, 7) is 3.70. The van der Waals surface area contributed by atoms with E-state index in [1.165, 1.54) is 23.3 Å². The van der Waals surface area contributed by atoms with Gasteiger partial charge in [0.25, 0.3) is 5.78 Å². The predicted octanol–water partition coefficient (Wildman–Crippen LogP) is 5.98. The van der Waals surface area contributed by atoms with Crippen LogP contribution in [0, 0.1) is 13.8 Å². The van der Waals surface area contributed by atoms with Crippen LogP contribution in [0.1, 0.15) is 38.7 Å². The van der Waals surface area contributed by atoms with Gasteiger partial charge >= 0.3 is 11.9 Å². The number of carbonyl (C=O) groups excluding carboxylic acids is 3. The van der Waals surface area contributed by atoms with E-state index in [1.54, 1.807) is 48.5 Å². The molecule has 9 heteroatoms. The Balaban J connectivity index is 1.73. The number of Topliss-reactive ketones (excluding diaryl/α,β-unsaturated/α-hetero) is 1. The maximum absolute atomic E-state index is 13.5. The SMILES string of the molecule is COC(=O)c1ccc(C2/C(=C(\O)c3cc(C)ccc3C)C(=O)C(=O)N2c2nc3ccc(Cl)cc3s2)cc1. The van der Waals surface area contributed by atoms with E-state index in [0.29, 0.717) is 32.4 Å². The van der Waals surface area contributed by atoms with Crippen molar-refractivity contribution >= 4 is 61.7 Å². The second kappa shape index (κ2) is 9.46. The van der Waals surface area contributed by atoms with Crippen LogP contribution in [0.5, 0.6) is 0 Å². The highest BCUT2D eigenvalue weighted by molar-refractivity contribution is 7.22. The number of aliphatic hydroxyl groups excluding tert-OH is 1. The van der Waals surface area contributed by atoms with Crippen LogP contribution >= 0.6 is 22.9 Å². The summed E-state index contributed by atoms with van der Waals surface area (Å²) in [7, 11) is 1.29. The van der Waals surface area contributed by atoms with E-state index in [1.807, 2.05) is 26.0 Å². The summed E-state index contributed by atoms with van der Waals surface area (Å²) in [6.07, 6.45) is 0. The van der Waals surface area contributed by atoms with Gasteiger partial charge in [0.2, 0.25) is 0 Å². The number of aromatic nitrogens is 1. The number of aryl methyl sites for hydroxylation is 2. The minimum atomic E-state index is -0.970. The third kappa shape index (κ3) is 4.28. The average molecular weight is 533 g/mol. The number of carbonyl (C=O) groups is 3. The molecular formula is C28H21ClN2O5S. The number of ether oxygens (including phenoxy) is 1. The van der Waals surface area contributed by atoms with Crippen LogP contribution in [0.3, 0.4) is 0 Å². The molecule has 1 unspecified atom stereocenters. The maximum Gasteiger partial charge on any atom is 0.337 e. The zero-order valence-electron chi connectivity index (χ0n) is 20.1. The van der Waals surface area contributed by atoms with Gasteiger partial charge in [-0.2, -0.15) is 0 Å². The van der Waals surface area contributed by atoms with Gasteiger partial charge in [-0.25, -0.2) is 9.78 Å². The van der Waals surface area contributed by atoms with E-state index < -0.39 is 23.7 Å². The van der Waals surface area contributed by atoms with Crippen molar-refractivity contribution in [1.29, 1.82) is 0 Å². The van der Waals surface area contributed by atoms with E-state index in [0.717, 1.165) is 15.8 Å². The number of hydrogen-bond donors (Lipinski definition) is 1. The molecule has 1 fully saturated rings. The first-order valence-corrected chi connectivity index (χ1v) is 12.5. The molecule has 1 N–H and O–H groups in total. The molecule has 0 saturated carbocycles. The Labute approximate surface area is 221 Å². The van der Waals surface area contributed by atoms with Crippen molar-refractivity contribution in [2.24, 2.45) is 0 Å². The molecule has 3 aromatic carbocycles. The number of anilines is 1. The fourth-order valence-corrected chi connectivity index (χ4v) is 5.66. The molecule has 1 saturated heterocycles. The minimum absolute atomic E-state index is 0.0539. The molecule has 0 bridgehead atoms. The highest BCUT2D eigenvalue weighted by Gasteiger charge is 2.48. The molecule has 1 amide bonds. The van der Waals surface area contributed by atoms with Crippen LogP contribution in [-0.2, 0) is 14.3 Å². The summed E-state index contributed by atoms with van der Waals surface area (Å²) in [5.41, 5.74) is 3.52. The summed E-state index contributed by atoms with van der Waals surface area (Å²) < 4.78 is 5.53. The molecule has 1 aliphatic heterocycles. The third-order valence-electron chi connectivity index (χ3n) is 6.29. The predicted molar refractivity (Wildman–Crippen MR) is 143 cm³/mol. The Morgan fingerprint density at radius 2 is 1.78 bits per heavy atom. The number of methoxy groups -OCH3 is 1. The molecule has 1 aliphatic rings. The van der Waals surface area contributed by atoms with Gasteiger partial charge in [-0.3, -0.25) is 14.5 Å². The van der Waals surface area contributed by atoms with Crippen LogP contribution in [0.4, 0.5) is 5.13 Å². The number of ketones is 1. The number of esters is 1. The van der Waals surface area contributed by atoms with Gasteiger partial charge in [0.1, 0.15) is 5.76 Å². The zero-order chi connectivity index (χ0) is 26.4. The number of amides is 1. The highest BCUT2D eigenvalue weighted by Crippen LogP contribution is 2.44. The molecule has 0 spiro atoms. The van der Waals surface area contributed by atoms with Crippen molar-refractivity contribution in [3.63, 3.8) is 0 Å². The van der Waals surface area contributed by atoms with Crippen molar-refractivity contribution < 1.29 is 24.2 Å². The second-order valence-electron chi connectivity index (χ2n) is 8.71. The topological polar surface area (TPSA) is 96.8 Å². The van der Waals surface area contributed by atoms with E-state index >= 15 is 0 Å². The monoisotopic (exact) mass is 532 g/mol. The first-order chi connectivity index (χ1) is 17.7. The van der Waals surface area contributed by atoms with E-state index in [9.17, 15) is 19.5 Å². The van der Waals surface area contributed by atoms with Crippen molar-refractivity contribution in [3.8, 4) is 0 Å². The number of halogens is 1. The van der Waals surface area contributed by atoms with Gasteiger partial charge in [-0.1, -0.05) is 52.8 Å². The molecule has 186 valence electrons. The Kier molecular flexibility index (Phi) is 6.31. The van der Waals surface area contributed by atoms with Gasteiger partial charge in [-0.15, -0.1) is 0 Å². The summed E-state index contributed by atoms with van der Waals surface area (Å²) >= 11 is 7.36. The molecule has 0 radical (unpaired) electrons. The summed E-state index contributed by atoms with van der Waals surface area (Å²) in [5.74, 6) is -2.41. The normalized spacial score (nSPS) is 17.0. The lowest BCUT2D eigenvalue weighted by Crippen LogP contribution is -2.29. The fraction of sp³-hybridized carbons (Fsp3) is 0.143. The van der Waals surface area contributed by atoms with Gasteiger partial charge < -0.3 is 9.84 Å². The first kappa shape index (κ1) is 24.7. The van der Waals surface area contributed by atoms with Crippen LogP contribution in [0.25, 0.3) is 16.0 Å². The van der Waals surface area contributed by atoms with Crippen molar-refractivity contribution in [1.82, 2.24) is 4.98 Å². The first-order valence-electron chi connectivity index (χ1n) is 11.3. The van der Waals surface area contributed by atoms with Crippen molar-refractivity contribution in [2.45, 2.75) is 19.9 Å². The second-order valence-corrected chi connectivity index (χ2v) is 10.2. The maximum atomic E-state index is 13.5. The van der Waals surface area contributed by atoms with Gasteiger partial charge in [-0.05, 0) is 61.4 Å². The molecule has 0 aliphatic carbocycles. The number of nitrogens with zero attached hydrogens (tertiary/aromatic N) is 2. The Bertz CT molecular complexity index is 1620. The molecule has 1 aromatic heterocycles. The third-order valence-corrected chi connectivity index (χ3v) is 7.54. The molecule has 5 rings (SSSR count). The number of fused-ring (bicyclic) bond motifs is 1. The van der Waals surface area contributed by atoms with Gasteiger partial charge in [0, 0.05) is 10.6 Å². The molecule has 1 atom stereocenters. The number of rotatable bonds is 4. The quantitative estimate of drug-likeness (QED) is 0.150. The van der Waals surface area contributed by atoms with E-state index in [-0.39, 0.29) is 11.3 Å². The summed E-state index contributed by atoms with van der Waals surface area (Å²) in [4.78, 5) is 44.8. The minimum Gasteiger partial charge on any atom is -0.507 e. The molecule has 2 heterocycles. The van der Waals surface area contributed by atoms with Crippen LogP contribution in [0.2, 0.25) is 5.02 Å². The van der Waals surface area contributed by atoms with Crippen molar-refractivity contribution in [3.05, 3.63) is 99.1 Å². The molecule has 4 aromatic rings. The average Bonchev–Trinajstić information content (AvgIpc) is 3.42. The summed E-state index contributed by atoms with van der Waals surface area (Å²) in [6, 6.07) is 16.1. The van der Waals surface area contributed by atoms with E-state index in [4.69, 9.17) is 16.3 Å². The Morgan fingerprint density at radius 1 is 1.05 bits per heavy atom. The fourth-order valence-electron chi connectivity index (χ4n) is 4.39. The largest absolute Gasteiger partial charge is 0.507 e. The molecule has 7 nitrogen and oxygen atoms in total. The highest BCUT2D eigenvalue weighted by atomic mass is 35.5. The summed E-state index contributed by atoms with van der Waals surface area (Å²) in [5, 5.41) is 12.3. The van der Waals surface area contributed by atoms with Crippen molar-refractivity contribution in [2.75, 3.05) is 12.0 Å². The lowest BCUT2D eigenvalue weighted by Gasteiger charge is -2.23. The van der Waals surface area contributed by atoms with Gasteiger partial charge in [0.15, 0.2) is 5.13 Å². The number of thiazole rings is 1. The van der Waals surface area contributed by atoms with E-state index in [2.05, 4.69) is 4.98 Å². The lowest BCUT2D eigenvalue weighted by atomic mass is 9.93. The van der Waals surface area contributed by atoms with Crippen LogP contribution < -0.4 is 4.90 Å². The van der Waals surface area contributed by atoms with Gasteiger partial charge in [0.05, 0.1) is 34.5 Å². The van der Waals surface area contributed by atoms with Crippen LogP contribution in [-0.4, -0.2) is 34.9 Å². The zero-order valence-corrected chi connectivity index (χ0v) is 21.7. The van der Waals surface area contributed by atoms with Crippen LogP contribution in [0.15, 0.2) is 66.2 Å². The number of benzene rings is 3. The molecular weight excluding hydrogens is 512 g/mol.